The van der Waals surface area contributed by atoms with Crippen molar-refractivity contribution in [1.29, 1.82) is 0 Å². The molecule has 0 radical (unpaired) electrons. The molecule has 6 nitrogen and oxygen atoms in total. The Kier molecular flexibility index (Phi) is 5.66. The highest BCUT2D eigenvalue weighted by atomic mass is 32.2. The van der Waals surface area contributed by atoms with Crippen LogP contribution in [-0.4, -0.2) is 54.3 Å². The molecule has 1 saturated heterocycles. The monoisotopic (exact) mass is 425 g/mol. The van der Waals surface area contributed by atoms with E-state index in [2.05, 4.69) is 22.8 Å². The van der Waals surface area contributed by atoms with Gasteiger partial charge in [-0.15, -0.1) is 0 Å². The highest BCUT2D eigenvalue weighted by Crippen LogP contribution is 2.23. The van der Waals surface area contributed by atoms with E-state index in [1.54, 1.807) is 11.0 Å². The second-order valence-electron chi connectivity index (χ2n) is 7.87. The van der Waals surface area contributed by atoms with Crippen LogP contribution in [0.5, 0.6) is 0 Å². The number of hydrogen-bond donors (Lipinski definition) is 0. The van der Waals surface area contributed by atoms with Crippen molar-refractivity contribution in [3.05, 3.63) is 65.9 Å². The number of carbonyl (C=O) groups is 1. The number of fused-ring (bicyclic) bond motifs is 1. The first kappa shape index (κ1) is 20.6. The molecule has 1 amide bonds. The molecular weight excluding hydrogens is 398 g/mol. The van der Waals surface area contributed by atoms with Crippen LogP contribution < -0.4 is 0 Å². The standard InChI is InChI=1S/C23H27N3O3S/c1-18-7-8-19(2)22(17-18)30(28,29)26-15-13-25(14-16-26)23(27)10-12-24-11-9-20-5-3-4-6-21(20)24/h3-9,11,17H,10,12-16H2,1-2H3. The third kappa shape index (κ3) is 4.00. The Hall–Kier alpha value is -2.64. The number of para-hydroxylation sites is 1. The highest BCUT2D eigenvalue weighted by Gasteiger charge is 2.31. The van der Waals surface area contributed by atoms with E-state index in [0.29, 0.717) is 44.0 Å². The van der Waals surface area contributed by atoms with Crippen molar-refractivity contribution < 1.29 is 13.2 Å². The second kappa shape index (κ2) is 8.24. The predicted molar refractivity (Wildman–Crippen MR) is 118 cm³/mol. The smallest absolute Gasteiger partial charge is 0.243 e. The van der Waals surface area contributed by atoms with E-state index < -0.39 is 10.0 Å². The van der Waals surface area contributed by atoms with Gasteiger partial charge in [-0.3, -0.25) is 4.79 Å². The number of aryl methyl sites for hydroxylation is 3. The molecule has 1 aliphatic heterocycles. The summed E-state index contributed by atoms with van der Waals surface area (Å²) in [4.78, 5) is 14.8. The highest BCUT2D eigenvalue weighted by molar-refractivity contribution is 7.89. The Bertz CT molecular complexity index is 1180. The molecule has 0 N–H and O–H groups in total. The number of hydrogen-bond acceptors (Lipinski definition) is 3. The van der Waals surface area contributed by atoms with Gasteiger partial charge in [0.1, 0.15) is 0 Å². The van der Waals surface area contributed by atoms with Crippen molar-refractivity contribution in [2.45, 2.75) is 31.7 Å². The lowest BCUT2D eigenvalue weighted by Crippen LogP contribution is -2.50. The third-order valence-corrected chi connectivity index (χ3v) is 7.84. The Morgan fingerprint density at radius 1 is 0.967 bits per heavy atom. The molecule has 7 heteroatoms. The SMILES string of the molecule is Cc1ccc(C)c(S(=O)(=O)N2CCN(C(=O)CCn3ccc4ccccc43)CC2)c1. The predicted octanol–water partition coefficient (Wildman–Crippen LogP) is 3.18. The van der Waals surface area contributed by atoms with Gasteiger partial charge in [0.2, 0.25) is 15.9 Å². The number of sulfonamides is 1. The van der Waals surface area contributed by atoms with Crippen molar-refractivity contribution in [3.63, 3.8) is 0 Å². The summed E-state index contributed by atoms with van der Waals surface area (Å²) in [6, 6.07) is 15.6. The first-order valence-corrected chi connectivity index (χ1v) is 11.7. The zero-order chi connectivity index (χ0) is 21.3. The van der Waals surface area contributed by atoms with Gasteiger partial charge < -0.3 is 9.47 Å². The van der Waals surface area contributed by atoms with E-state index in [-0.39, 0.29) is 5.91 Å². The fraction of sp³-hybridized carbons (Fsp3) is 0.348. The number of carbonyl (C=O) groups excluding carboxylic acids is 1. The average molecular weight is 426 g/mol. The molecule has 0 bridgehead atoms. The molecule has 1 fully saturated rings. The van der Waals surface area contributed by atoms with Gasteiger partial charge in [-0.1, -0.05) is 30.3 Å². The number of nitrogens with zero attached hydrogens (tertiary/aromatic N) is 3. The zero-order valence-electron chi connectivity index (χ0n) is 17.4. The molecular formula is C23H27N3O3S. The molecule has 4 rings (SSSR count). The van der Waals surface area contributed by atoms with Crippen molar-refractivity contribution in [1.82, 2.24) is 13.8 Å². The van der Waals surface area contributed by atoms with Crippen molar-refractivity contribution in [2.24, 2.45) is 0 Å². The van der Waals surface area contributed by atoms with Crippen molar-refractivity contribution in [3.8, 4) is 0 Å². The number of rotatable bonds is 5. The van der Waals surface area contributed by atoms with Gasteiger partial charge in [0.25, 0.3) is 0 Å². The van der Waals surface area contributed by atoms with Gasteiger partial charge in [-0.25, -0.2) is 8.42 Å². The normalized spacial score (nSPS) is 15.6. The lowest BCUT2D eigenvalue weighted by atomic mass is 10.2. The minimum atomic E-state index is -3.55. The summed E-state index contributed by atoms with van der Waals surface area (Å²) in [5.41, 5.74) is 2.79. The first-order valence-electron chi connectivity index (χ1n) is 10.3. The molecule has 2 aromatic carbocycles. The summed E-state index contributed by atoms with van der Waals surface area (Å²) in [6.07, 6.45) is 2.41. The fourth-order valence-electron chi connectivity index (χ4n) is 4.01. The van der Waals surface area contributed by atoms with Crippen LogP contribution in [0.2, 0.25) is 0 Å². The summed E-state index contributed by atoms with van der Waals surface area (Å²) in [7, 11) is -3.55. The quantitative estimate of drug-likeness (QED) is 0.631. The summed E-state index contributed by atoms with van der Waals surface area (Å²) in [6.45, 7) is 5.83. The van der Waals surface area contributed by atoms with Crippen LogP contribution in [0.25, 0.3) is 10.9 Å². The molecule has 3 aromatic rings. The largest absolute Gasteiger partial charge is 0.347 e. The molecule has 158 valence electrons. The van der Waals surface area contributed by atoms with Crippen LogP contribution in [0.15, 0.2) is 59.6 Å². The number of benzene rings is 2. The van der Waals surface area contributed by atoms with Crippen LogP contribution in [0, 0.1) is 13.8 Å². The van der Waals surface area contributed by atoms with Crippen molar-refractivity contribution in [2.75, 3.05) is 26.2 Å². The van der Waals surface area contributed by atoms with Gasteiger partial charge in [-0.05, 0) is 48.6 Å². The number of amides is 1. The van der Waals surface area contributed by atoms with Gasteiger partial charge in [0.15, 0.2) is 0 Å². The maximum Gasteiger partial charge on any atom is 0.243 e. The van der Waals surface area contributed by atoms with Crippen molar-refractivity contribution >= 4 is 26.8 Å². The number of aromatic nitrogens is 1. The topological polar surface area (TPSA) is 62.6 Å². The number of piperazine rings is 1. The minimum absolute atomic E-state index is 0.0663. The Morgan fingerprint density at radius 3 is 2.47 bits per heavy atom. The van der Waals surface area contributed by atoms with E-state index in [1.165, 1.54) is 4.31 Å². The third-order valence-electron chi connectivity index (χ3n) is 5.80. The van der Waals surface area contributed by atoms with Crippen LogP contribution in [-0.2, 0) is 21.4 Å². The molecule has 0 saturated carbocycles. The Balaban J connectivity index is 1.37. The molecule has 0 unspecified atom stereocenters. The Morgan fingerprint density at radius 2 is 1.70 bits per heavy atom. The lowest BCUT2D eigenvalue weighted by molar-refractivity contribution is -0.132. The molecule has 0 aliphatic carbocycles. The Labute approximate surface area is 177 Å². The second-order valence-corrected chi connectivity index (χ2v) is 9.78. The van der Waals surface area contributed by atoms with Gasteiger partial charge in [0.05, 0.1) is 4.90 Å². The van der Waals surface area contributed by atoms with E-state index in [9.17, 15) is 13.2 Å². The lowest BCUT2D eigenvalue weighted by Gasteiger charge is -2.34. The van der Waals surface area contributed by atoms with Gasteiger partial charge in [0, 0.05) is 50.9 Å². The van der Waals surface area contributed by atoms with E-state index in [0.717, 1.165) is 22.0 Å². The molecule has 1 aliphatic rings. The maximum atomic E-state index is 13.1. The average Bonchev–Trinajstić information content (AvgIpc) is 3.17. The van der Waals surface area contributed by atoms with Crippen LogP contribution in [0.3, 0.4) is 0 Å². The van der Waals surface area contributed by atoms with Crippen LogP contribution >= 0.6 is 0 Å². The van der Waals surface area contributed by atoms with E-state index in [1.807, 2.05) is 44.3 Å². The minimum Gasteiger partial charge on any atom is -0.347 e. The first-order chi connectivity index (χ1) is 14.4. The molecule has 0 atom stereocenters. The van der Waals surface area contributed by atoms with E-state index in [4.69, 9.17) is 0 Å². The summed E-state index contributed by atoms with van der Waals surface area (Å²) in [5.74, 6) is 0.0663. The molecule has 0 spiro atoms. The molecule has 2 heterocycles. The summed E-state index contributed by atoms with van der Waals surface area (Å²) in [5, 5.41) is 1.16. The van der Waals surface area contributed by atoms with Gasteiger partial charge in [-0.2, -0.15) is 4.31 Å². The summed E-state index contributed by atoms with van der Waals surface area (Å²) >= 11 is 0. The van der Waals surface area contributed by atoms with Gasteiger partial charge >= 0.3 is 0 Å². The zero-order valence-corrected chi connectivity index (χ0v) is 18.2. The fourth-order valence-corrected chi connectivity index (χ4v) is 5.74. The maximum absolute atomic E-state index is 13.1. The summed E-state index contributed by atoms with van der Waals surface area (Å²) < 4.78 is 29.7. The van der Waals surface area contributed by atoms with Crippen LogP contribution in [0.1, 0.15) is 17.5 Å². The molecule has 30 heavy (non-hydrogen) atoms. The molecule has 1 aromatic heterocycles. The van der Waals surface area contributed by atoms with Crippen LogP contribution in [0.4, 0.5) is 0 Å². The van der Waals surface area contributed by atoms with E-state index >= 15 is 0 Å².